The fraction of sp³-hybridized carbons (Fsp3) is 0.364. The minimum Gasteiger partial charge on any atom is -0.495 e. The molecular formula is C22H22N2O4. The predicted molar refractivity (Wildman–Crippen MR) is 106 cm³/mol. The highest BCUT2D eigenvalue weighted by atomic mass is 16.5. The van der Waals surface area contributed by atoms with Crippen LogP contribution in [0.4, 0.5) is 5.69 Å². The number of benzene rings is 2. The van der Waals surface area contributed by atoms with Gasteiger partial charge in [-0.2, -0.15) is 0 Å². The summed E-state index contributed by atoms with van der Waals surface area (Å²) < 4.78 is 11.5. The summed E-state index contributed by atoms with van der Waals surface area (Å²) in [5, 5.41) is 4.88. The largest absolute Gasteiger partial charge is 0.495 e. The minimum atomic E-state index is -0.630. The Kier molecular flexibility index (Phi) is 4.00. The number of ether oxygens (including phenoxy) is 1. The molecule has 2 heterocycles. The van der Waals surface area contributed by atoms with E-state index in [2.05, 4.69) is 5.32 Å². The normalized spacial score (nSPS) is 19.5. The lowest BCUT2D eigenvalue weighted by atomic mass is 10.1. The number of nitrogens with zero attached hydrogens (tertiary/aromatic N) is 1. The Bertz CT molecular complexity index is 1080. The Morgan fingerprint density at radius 1 is 1.18 bits per heavy atom. The van der Waals surface area contributed by atoms with E-state index in [1.807, 2.05) is 36.4 Å². The lowest BCUT2D eigenvalue weighted by molar-refractivity contribution is -0.132. The summed E-state index contributed by atoms with van der Waals surface area (Å²) in [7, 11) is 1.59. The second-order valence-electron chi connectivity index (χ2n) is 7.64. The molecule has 6 nitrogen and oxygen atoms in total. The molecule has 28 heavy (non-hydrogen) atoms. The van der Waals surface area contributed by atoms with Crippen molar-refractivity contribution < 1.29 is 18.7 Å². The number of rotatable bonds is 5. The number of furan rings is 1. The zero-order valence-corrected chi connectivity index (χ0v) is 15.7. The molecule has 1 saturated heterocycles. The van der Waals surface area contributed by atoms with Gasteiger partial charge in [-0.05, 0) is 37.3 Å². The van der Waals surface area contributed by atoms with Crippen molar-refractivity contribution in [3.63, 3.8) is 0 Å². The predicted octanol–water partition coefficient (Wildman–Crippen LogP) is 3.47. The molecule has 0 spiro atoms. The van der Waals surface area contributed by atoms with Gasteiger partial charge in [-0.1, -0.05) is 18.2 Å². The first-order valence-corrected chi connectivity index (χ1v) is 9.74. The summed E-state index contributed by atoms with van der Waals surface area (Å²) >= 11 is 0. The van der Waals surface area contributed by atoms with Crippen molar-refractivity contribution in [2.45, 2.75) is 19.3 Å². The van der Waals surface area contributed by atoms with Crippen LogP contribution in [0.1, 0.15) is 19.3 Å². The maximum Gasteiger partial charge on any atom is 0.239 e. The first-order chi connectivity index (χ1) is 13.7. The van der Waals surface area contributed by atoms with E-state index < -0.39 is 5.92 Å². The molecule has 144 valence electrons. The number of anilines is 1. The van der Waals surface area contributed by atoms with Gasteiger partial charge in [-0.15, -0.1) is 0 Å². The van der Waals surface area contributed by atoms with Gasteiger partial charge in [0.2, 0.25) is 11.8 Å². The van der Waals surface area contributed by atoms with Crippen LogP contribution >= 0.6 is 0 Å². The highest BCUT2D eigenvalue weighted by Gasteiger charge is 2.39. The second-order valence-corrected chi connectivity index (χ2v) is 7.64. The maximum atomic E-state index is 13.0. The van der Waals surface area contributed by atoms with Crippen molar-refractivity contribution in [1.82, 2.24) is 5.32 Å². The number of para-hydroxylation sites is 1. The number of carbonyl (C=O) groups is 2. The second kappa shape index (κ2) is 6.55. The molecule has 1 aliphatic carbocycles. The third kappa shape index (κ3) is 2.80. The molecule has 0 radical (unpaired) electrons. The molecule has 5 rings (SSSR count). The van der Waals surface area contributed by atoms with Gasteiger partial charge in [0, 0.05) is 29.9 Å². The number of hydrogen-bond donors (Lipinski definition) is 1. The number of nitrogens with one attached hydrogen (secondary N) is 1. The smallest absolute Gasteiger partial charge is 0.239 e. The van der Waals surface area contributed by atoms with Crippen molar-refractivity contribution in [2.75, 3.05) is 25.1 Å². The summed E-state index contributed by atoms with van der Waals surface area (Å²) in [6.07, 6.45) is 2.84. The van der Waals surface area contributed by atoms with Crippen molar-refractivity contribution in [3.8, 4) is 5.75 Å². The molecule has 2 amide bonds. The van der Waals surface area contributed by atoms with Crippen molar-refractivity contribution >= 4 is 39.4 Å². The van der Waals surface area contributed by atoms with Crippen molar-refractivity contribution in [1.29, 1.82) is 0 Å². The zero-order chi connectivity index (χ0) is 19.3. The van der Waals surface area contributed by atoms with Gasteiger partial charge in [0.1, 0.15) is 22.8 Å². The molecule has 1 unspecified atom stereocenters. The summed E-state index contributed by atoms with van der Waals surface area (Å²) in [6, 6.07) is 11.6. The van der Waals surface area contributed by atoms with E-state index in [4.69, 9.17) is 9.15 Å². The van der Waals surface area contributed by atoms with E-state index in [9.17, 15) is 9.59 Å². The maximum absolute atomic E-state index is 13.0. The quantitative estimate of drug-likeness (QED) is 0.690. The average molecular weight is 378 g/mol. The monoisotopic (exact) mass is 378 g/mol. The Morgan fingerprint density at radius 3 is 2.79 bits per heavy atom. The first-order valence-electron chi connectivity index (χ1n) is 9.74. The van der Waals surface area contributed by atoms with Crippen LogP contribution in [-0.2, 0) is 9.59 Å². The van der Waals surface area contributed by atoms with Crippen LogP contribution < -0.4 is 15.0 Å². The SMILES string of the molecule is COc1cc2c(cc1N1CCC(C(=O)NCC3CC3)C1=O)oc1ccccc12. The number of carbonyl (C=O) groups excluding carboxylic acids is 2. The van der Waals surface area contributed by atoms with Crippen LogP contribution in [0.5, 0.6) is 5.75 Å². The van der Waals surface area contributed by atoms with Gasteiger partial charge < -0.3 is 19.4 Å². The number of methoxy groups -OCH3 is 1. The van der Waals surface area contributed by atoms with Crippen LogP contribution in [0.25, 0.3) is 21.9 Å². The molecule has 1 atom stereocenters. The van der Waals surface area contributed by atoms with Crippen molar-refractivity contribution in [3.05, 3.63) is 36.4 Å². The summed E-state index contributed by atoms with van der Waals surface area (Å²) in [5.41, 5.74) is 2.14. The summed E-state index contributed by atoms with van der Waals surface area (Å²) in [5.74, 6) is 0.221. The minimum absolute atomic E-state index is 0.164. The molecule has 1 N–H and O–H groups in total. The fourth-order valence-electron chi connectivity index (χ4n) is 3.97. The van der Waals surface area contributed by atoms with Gasteiger partial charge in [-0.3, -0.25) is 9.59 Å². The highest BCUT2D eigenvalue weighted by Crippen LogP contribution is 2.40. The van der Waals surface area contributed by atoms with E-state index in [-0.39, 0.29) is 11.8 Å². The standard InChI is InChI=1S/C22H22N2O4/c1-27-20-10-16-14-4-2-3-5-18(14)28-19(16)11-17(20)24-9-8-15(22(24)26)21(25)23-12-13-6-7-13/h2-5,10-11,13,15H,6-9,12H2,1H3,(H,23,25). The topological polar surface area (TPSA) is 71.8 Å². The number of amides is 2. The molecule has 2 fully saturated rings. The van der Waals surface area contributed by atoms with Crippen LogP contribution in [0.2, 0.25) is 0 Å². The third-order valence-corrected chi connectivity index (χ3v) is 5.75. The van der Waals surface area contributed by atoms with Gasteiger partial charge in [0.05, 0.1) is 12.8 Å². The molecule has 1 aliphatic heterocycles. The van der Waals surface area contributed by atoms with Gasteiger partial charge >= 0.3 is 0 Å². The van der Waals surface area contributed by atoms with E-state index in [0.717, 1.165) is 16.4 Å². The van der Waals surface area contributed by atoms with Crippen LogP contribution in [0.15, 0.2) is 40.8 Å². The number of hydrogen-bond acceptors (Lipinski definition) is 4. The molecule has 2 aromatic carbocycles. The van der Waals surface area contributed by atoms with Crippen LogP contribution in [0, 0.1) is 11.8 Å². The van der Waals surface area contributed by atoms with Gasteiger partial charge in [0.15, 0.2) is 0 Å². The average Bonchev–Trinajstić information content (AvgIpc) is 3.36. The summed E-state index contributed by atoms with van der Waals surface area (Å²) in [6.45, 7) is 1.17. The molecule has 6 heteroatoms. The highest BCUT2D eigenvalue weighted by molar-refractivity contribution is 6.12. The molecule has 1 saturated carbocycles. The fourth-order valence-corrected chi connectivity index (χ4v) is 3.97. The molecular weight excluding hydrogens is 356 g/mol. The van der Waals surface area contributed by atoms with E-state index in [1.54, 1.807) is 12.0 Å². The third-order valence-electron chi connectivity index (χ3n) is 5.75. The van der Waals surface area contributed by atoms with E-state index in [0.29, 0.717) is 42.4 Å². The first kappa shape index (κ1) is 17.1. The van der Waals surface area contributed by atoms with Crippen LogP contribution in [-0.4, -0.2) is 32.0 Å². The lowest BCUT2D eigenvalue weighted by Gasteiger charge is -2.19. The summed E-state index contributed by atoms with van der Waals surface area (Å²) in [4.78, 5) is 27.0. The molecule has 3 aromatic rings. The molecule has 2 aliphatic rings. The van der Waals surface area contributed by atoms with Gasteiger partial charge in [-0.25, -0.2) is 0 Å². The van der Waals surface area contributed by atoms with Gasteiger partial charge in [0.25, 0.3) is 0 Å². The number of fused-ring (bicyclic) bond motifs is 3. The molecule has 0 bridgehead atoms. The Hall–Kier alpha value is -3.02. The molecule has 1 aromatic heterocycles. The van der Waals surface area contributed by atoms with E-state index in [1.165, 1.54) is 12.8 Å². The van der Waals surface area contributed by atoms with Crippen molar-refractivity contribution in [2.24, 2.45) is 11.8 Å². The lowest BCUT2D eigenvalue weighted by Crippen LogP contribution is -2.37. The van der Waals surface area contributed by atoms with Crippen LogP contribution in [0.3, 0.4) is 0 Å². The Labute approximate surface area is 162 Å². The Balaban J connectivity index is 1.47. The van der Waals surface area contributed by atoms with E-state index >= 15 is 0 Å². The zero-order valence-electron chi connectivity index (χ0n) is 15.7. The Morgan fingerprint density at radius 2 is 2.00 bits per heavy atom.